The van der Waals surface area contributed by atoms with Gasteiger partial charge in [0.2, 0.25) is 0 Å². The third-order valence-corrected chi connectivity index (χ3v) is 9.24. The van der Waals surface area contributed by atoms with Crippen LogP contribution in [0.4, 0.5) is 4.39 Å². The summed E-state index contributed by atoms with van der Waals surface area (Å²) in [6.07, 6.45) is 16.7. The summed E-state index contributed by atoms with van der Waals surface area (Å²) in [7, 11) is 0. The van der Waals surface area contributed by atoms with Crippen LogP contribution in [0.2, 0.25) is 0 Å². The quantitative estimate of drug-likeness (QED) is 0.202. The zero-order valence-corrected chi connectivity index (χ0v) is 24.1. The van der Waals surface area contributed by atoms with Gasteiger partial charge in [0.25, 0.3) is 0 Å². The predicted octanol–water partition coefficient (Wildman–Crippen LogP) is 9.99. The molecule has 0 amide bonds. The van der Waals surface area contributed by atoms with Gasteiger partial charge in [-0.25, -0.2) is 0 Å². The second-order valence-corrected chi connectivity index (χ2v) is 12.2. The summed E-state index contributed by atoms with van der Waals surface area (Å²) in [5.74, 6) is 1.62. The molecule has 3 nitrogen and oxygen atoms in total. The van der Waals surface area contributed by atoms with E-state index in [0.29, 0.717) is 17.9 Å². The number of halogens is 1. The number of alkyl halides is 1. The van der Waals surface area contributed by atoms with E-state index in [1.54, 1.807) is 24.3 Å². The summed E-state index contributed by atoms with van der Waals surface area (Å²) in [4.78, 5) is 0. The molecule has 0 radical (unpaired) electrons. The highest BCUT2D eigenvalue weighted by molar-refractivity contribution is 5.48. The molecule has 3 atom stereocenters. The van der Waals surface area contributed by atoms with Gasteiger partial charge in [-0.15, -0.1) is 0 Å². The summed E-state index contributed by atoms with van der Waals surface area (Å²) in [5, 5.41) is 19.8. The van der Waals surface area contributed by atoms with Crippen molar-refractivity contribution in [3.05, 3.63) is 53.6 Å². The summed E-state index contributed by atoms with van der Waals surface area (Å²) >= 11 is 0. The Morgan fingerprint density at radius 1 is 0.842 bits per heavy atom. The van der Waals surface area contributed by atoms with Crippen LogP contribution in [0.1, 0.15) is 128 Å². The van der Waals surface area contributed by atoms with Crippen molar-refractivity contribution in [1.82, 2.24) is 0 Å². The van der Waals surface area contributed by atoms with E-state index in [-0.39, 0.29) is 23.6 Å². The highest BCUT2D eigenvalue weighted by atomic mass is 19.1. The third-order valence-electron chi connectivity index (χ3n) is 9.24. The minimum atomic E-state index is -0.185. The fourth-order valence-corrected chi connectivity index (χ4v) is 6.29. The fourth-order valence-electron chi connectivity index (χ4n) is 6.29. The molecule has 0 aliphatic carbocycles. The second kappa shape index (κ2) is 14.8. The van der Waals surface area contributed by atoms with Crippen molar-refractivity contribution in [2.45, 2.75) is 122 Å². The number of phenolic OH excluding ortho intramolecular Hbond substituents is 2. The Morgan fingerprint density at radius 2 is 1.42 bits per heavy atom. The fraction of sp³-hybridized carbons (Fsp3) is 0.647. The first-order chi connectivity index (χ1) is 18.3. The van der Waals surface area contributed by atoms with Gasteiger partial charge in [-0.05, 0) is 60.4 Å². The van der Waals surface area contributed by atoms with Crippen molar-refractivity contribution >= 4 is 0 Å². The molecule has 0 bridgehead atoms. The first-order valence-corrected chi connectivity index (χ1v) is 15.1. The Labute approximate surface area is 230 Å². The Bertz CT molecular complexity index is 959. The minimum Gasteiger partial charge on any atom is -0.508 e. The Kier molecular flexibility index (Phi) is 11.8. The van der Waals surface area contributed by atoms with Gasteiger partial charge in [-0.3, -0.25) is 4.39 Å². The van der Waals surface area contributed by atoms with Gasteiger partial charge in [0.15, 0.2) is 0 Å². The Hall–Kier alpha value is -2.23. The number of phenols is 2. The van der Waals surface area contributed by atoms with Crippen LogP contribution in [0.15, 0.2) is 42.5 Å². The second-order valence-electron chi connectivity index (χ2n) is 12.2. The van der Waals surface area contributed by atoms with Gasteiger partial charge < -0.3 is 14.9 Å². The van der Waals surface area contributed by atoms with Crippen LogP contribution >= 0.6 is 0 Å². The molecule has 0 aromatic heterocycles. The van der Waals surface area contributed by atoms with Crippen LogP contribution in [-0.4, -0.2) is 23.5 Å². The molecule has 3 rings (SSSR count). The highest BCUT2D eigenvalue weighted by Gasteiger charge is 2.42. The van der Waals surface area contributed by atoms with Gasteiger partial charge in [0.05, 0.1) is 13.3 Å². The van der Waals surface area contributed by atoms with E-state index in [2.05, 4.69) is 20.8 Å². The van der Waals surface area contributed by atoms with E-state index < -0.39 is 0 Å². The van der Waals surface area contributed by atoms with Crippen LogP contribution in [0, 0.1) is 5.41 Å². The maximum atomic E-state index is 12.4. The van der Waals surface area contributed by atoms with E-state index in [1.165, 1.54) is 81.8 Å². The highest BCUT2D eigenvalue weighted by Crippen LogP contribution is 2.49. The molecule has 1 aliphatic heterocycles. The molecule has 4 heteroatoms. The minimum absolute atomic E-state index is 0.173. The van der Waals surface area contributed by atoms with Crippen LogP contribution < -0.4 is 4.74 Å². The van der Waals surface area contributed by atoms with Crippen LogP contribution in [0.3, 0.4) is 0 Å². The Morgan fingerprint density at radius 3 is 2.05 bits per heavy atom. The van der Waals surface area contributed by atoms with E-state index in [4.69, 9.17) is 4.74 Å². The van der Waals surface area contributed by atoms with E-state index in [0.717, 1.165) is 25.0 Å². The lowest BCUT2D eigenvalue weighted by Crippen LogP contribution is -2.40. The average Bonchev–Trinajstić information content (AvgIpc) is 2.91. The van der Waals surface area contributed by atoms with Crippen molar-refractivity contribution in [3.63, 3.8) is 0 Å². The zero-order chi connectivity index (χ0) is 27.4. The molecule has 2 aromatic rings. The van der Waals surface area contributed by atoms with E-state index >= 15 is 0 Å². The van der Waals surface area contributed by atoms with Gasteiger partial charge in [-0.1, -0.05) is 103 Å². The number of fused-ring (bicyclic) bond motifs is 1. The molecule has 0 fully saturated rings. The smallest absolute Gasteiger partial charge is 0.126 e. The maximum absolute atomic E-state index is 12.4. The molecule has 2 aromatic carbocycles. The summed E-state index contributed by atoms with van der Waals surface area (Å²) < 4.78 is 18.5. The average molecular weight is 527 g/mol. The zero-order valence-electron chi connectivity index (χ0n) is 24.1. The molecular formula is C34H51FO3. The lowest BCUT2D eigenvalue weighted by atomic mass is 9.66. The summed E-state index contributed by atoms with van der Waals surface area (Å²) in [6, 6.07) is 13.1. The first kappa shape index (κ1) is 30.3. The lowest BCUT2D eigenvalue weighted by Gasteiger charge is -2.43. The molecule has 1 heterocycles. The van der Waals surface area contributed by atoms with E-state index in [9.17, 15) is 14.6 Å². The maximum Gasteiger partial charge on any atom is 0.126 e. The largest absolute Gasteiger partial charge is 0.508 e. The normalized spacial score (nSPS) is 20.5. The third kappa shape index (κ3) is 8.38. The number of rotatable bonds is 17. The molecule has 2 unspecified atom stereocenters. The number of hydrogen-bond donors (Lipinski definition) is 2. The SMILES string of the molecule is CCC(C)(CCCCCF)CCCCCCCCCC1c2ccc(O)cc2OC[C@]1(C)c1ccc(O)cc1. The van der Waals surface area contributed by atoms with Crippen molar-refractivity contribution in [1.29, 1.82) is 0 Å². The standard InChI is InChI=1S/C34H51FO3/c1-4-33(2,23-13-10-14-24-35)22-12-9-7-5-6-8-11-15-31-30-21-20-29(37)25-32(30)38-26-34(31,3)27-16-18-28(36)19-17-27/h16-21,25,31,36-37H,4-15,22-24,26H2,1-3H3/t31?,33?,34-/m1/s1. The molecule has 2 N–H and O–H groups in total. The molecule has 0 spiro atoms. The van der Waals surface area contributed by atoms with Crippen molar-refractivity contribution < 1.29 is 19.3 Å². The molecule has 212 valence electrons. The van der Waals surface area contributed by atoms with Crippen LogP contribution in [0.5, 0.6) is 17.2 Å². The van der Waals surface area contributed by atoms with Gasteiger partial charge in [0, 0.05) is 17.4 Å². The first-order valence-electron chi connectivity index (χ1n) is 15.1. The van der Waals surface area contributed by atoms with E-state index in [1.807, 2.05) is 18.2 Å². The van der Waals surface area contributed by atoms with Gasteiger partial charge in [-0.2, -0.15) is 0 Å². The molecule has 0 saturated carbocycles. The molecule has 38 heavy (non-hydrogen) atoms. The number of unbranched alkanes of at least 4 members (excludes halogenated alkanes) is 8. The number of ether oxygens (including phenoxy) is 1. The number of aromatic hydroxyl groups is 2. The molecular weight excluding hydrogens is 475 g/mol. The number of hydrogen-bond acceptors (Lipinski definition) is 3. The Balaban J connectivity index is 1.44. The van der Waals surface area contributed by atoms with Crippen LogP contribution in [-0.2, 0) is 5.41 Å². The molecule has 1 aliphatic rings. The number of benzene rings is 2. The summed E-state index contributed by atoms with van der Waals surface area (Å²) in [6.45, 7) is 7.38. The van der Waals surface area contributed by atoms with Gasteiger partial charge >= 0.3 is 0 Å². The summed E-state index contributed by atoms with van der Waals surface area (Å²) in [5.41, 5.74) is 2.60. The van der Waals surface area contributed by atoms with Crippen LogP contribution in [0.25, 0.3) is 0 Å². The van der Waals surface area contributed by atoms with Crippen molar-refractivity contribution in [2.75, 3.05) is 13.3 Å². The lowest BCUT2D eigenvalue weighted by molar-refractivity contribution is 0.162. The topological polar surface area (TPSA) is 49.7 Å². The van der Waals surface area contributed by atoms with Crippen molar-refractivity contribution in [2.24, 2.45) is 5.41 Å². The predicted molar refractivity (Wildman–Crippen MR) is 156 cm³/mol. The monoisotopic (exact) mass is 526 g/mol. The van der Waals surface area contributed by atoms with Gasteiger partial charge in [0.1, 0.15) is 17.2 Å². The van der Waals surface area contributed by atoms with Crippen molar-refractivity contribution in [3.8, 4) is 17.2 Å². The molecule has 0 saturated heterocycles.